The molecule has 2 aromatic rings. The summed E-state index contributed by atoms with van der Waals surface area (Å²) in [6.45, 7) is 4.40. The zero-order valence-electron chi connectivity index (χ0n) is 16.7. The van der Waals surface area contributed by atoms with Crippen molar-refractivity contribution in [2.45, 2.75) is 13.1 Å². The van der Waals surface area contributed by atoms with Crippen LogP contribution in [0.2, 0.25) is 0 Å². The number of rotatable bonds is 7. The SMILES string of the molecule is COC(=O)CN(Cc1ccc(-c2ccccc2CN2CCOCC2)cc1)C(N)=O. The maximum atomic E-state index is 11.6. The molecule has 1 aliphatic rings. The summed E-state index contributed by atoms with van der Waals surface area (Å²) in [6, 6.07) is 15.7. The van der Waals surface area contributed by atoms with Gasteiger partial charge >= 0.3 is 12.0 Å². The molecule has 0 radical (unpaired) electrons. The Labute approximate surface area is 171 Å². The van der Waals surface area contributed by atoms with Crippen molar-refractivity contribution in [1.29, 1.82) is 0 Å². The van der Waals surface area contributed by atoms with Crippen molar-refractivity contribution in [3.63, 3.8) is 0 Å². The first-order valence-electron chi connectivity index (χ1n) is 9.65. The van der Waals surface area contributed by atoms with Crippen LogP contribution in [-0.4, -0.2) is 61.8 Å². The largest absolute Gasteiger partial charge is 0.468 e. The van der Waals surface area contributed by atoms with Gasteiger partial charge < -0.3 is 20.1 Å². The average molecular weight is 397 g/mol. The van der Waals surface area contributed by atoms with E-state index in [1.807, 2.05) is 30.3 Å². The molecule has 154 valence electrons. The third-order valence-corrected chi connectivity index (χ3v) is 5.01. The number of amides is 2. The summed E-state index contributed by atoms with van der Waals surface area (Å²) in [5, 5.41) is 0. The monoisotopic (exact) mass is 397 g/mol. The number of nitrogens with zero attached hydrogens (tertiary/aromatic N) is 2. The second-order valence-corrected chi connectivity index (χ2v) is 7.01. The Morgan fingerprint density at radius 3 is 2.45 bits per heavy atom. The van der Waals surface area contributed by atoms with Gasteiger partial charge in [-0.15, -0.1) is 0 Å². The molecule has 2 N–H and O–H groups in total. The van der Waals surface area contributed by atoms with E-state index in [-0.39, 0.29) is 13.1 Å². The fraction of sp³-hybridized carbons (Fsp3) is 0.364. The zero-order chi connectivity index (χ0) is 20.6. The second-order valence-electron chi connectivity index (χ2n) is 7.01. The number of hydrogen-bond acceptors (Lipinski definition) is 5. The highest BCUT2D eigenvalue weighted by atomic mass is 16.5. The minimum absolute atomic E-state index is 0.171. The fourth-order valence-corrected chi connectivity index (χ4v) is 3.38. The molecule has 1 heterocycles. The number of carbonyl (C=O) groups is 2. The van der Waals surface area contributed by atoms with Crippen molar-refractivity contribution in [3.8, 4) is 11.1 Å². The molecule has 0 aliphatic carbocycles. The lowest BCUT2D eigenvalue weighted by molar-refractivity contribution is -0.141. The summed E-state index contributed by atoms with van der Waals surface area (Å²) >= 11 is 0. The van der Waals surface area contributed by atoms with Crippen molar-refractivity contribution in [2.24, 2.45) is 5.73 Å². The van der Waals surface area contributed by atoms with Gasteiger partial charge in [0.05, 0.1) is 20.3 Å². The van der Waals surface area contributed by atoms with Crippen LogP contribution < -0.4 is 5.73 Å². The van der Waals surface area contributed by atoms with Gasteiger partial charge in [-0.05, 0) is 22.3 Å². The summed E-state index contributed by atoms with van der Waals surface area (Å²) in [4.78, 5) is 26.7. The molecule has 1 saturated heterocycles. The van der Waals surface area contributed by atoms with E-state index in [9.17, 15) is 9.59 Å². The van der Waals surface area contributed by atoms with E-state index in [0.717, 1.165) is 44.0 Å². The molecule has 29 heavy (non-hydrogen) atoms. The predicted octanol–water partition coefficient (Wildman–Crippen LogP) is 2.24. The van der Waals surface area contributed by atoms with Crippen molar-refractivity contribution < 1.29 is 19.1 Å². The van der Waals surface area contributed by atoms with Crippen LogP contribution in [-0.2, 0) is 27.4 Å². The molecule has 0 aromatic heterocycles. The van der Waals surface area contributed by atoms with E-state index in [4.69, 9.17) is 10.5 Å². The van der Waals surface area contributed by atoms with Crippen LogP contribution in [0.1, 0.15) is 11.1 Å². The molecule has 3 rings (SSSR count). The number of morpholine rings is 1. The minimum atomic E-state index is -0.657. The Bertz CT molecular complexity index is 832. The van der Waals surface area contributed by atoms with Gasteiger partial charge in [0.15, 0.2) is 0 Å². The molecule has 0 saturated carbocycles. The quantitative estimate of drug-likeness (QED) is 0.725. The number of esters is 1. The summed E-state index contributed by atoms with van der Waals surface area (Å²) in [5.74, 6) is -0.502. The number of nitrogens with two attached hydrogens (primary N) is 1. The van der Waals surface area contributed by atoms with Crippen LogP contribution in [0.5, 0.6) is 0 Å². The van der Waals surface area contributed by atoms with Gasteiger partial charge in [0, 0.05) is 26.2 Å². The molecule has 1 aliphatic heterocycles. The molecule has 0 bridgehead atoms. The first-order valence-corrected chi connectivity index (χ1v) is 9.65. The first kappa shape index (κ1) is 20.8. The van der Waals surface area contributed by atoms with E-state index in [1.54, 1.807) is 0 Å². The molecule has 2 amide bonds. The van der Waals surface area contributed by atoms with Crippen molar-refractivity contribution >= 4 is 12.0 Å². The number of primary amides is 1. The second kappa shape index (κ2) is 10.0. The summed E-state index contributed by atoms with van der Waals surface area (Å²) in [5.41, 5.74) is 9.84. The molecule has 2 aromatic carbocycles. The Kier molecular flexibility index (Phi) is 7.21. The van der Waals surface area contributed by atoms with E-state index in [1.165, 1.54) is 23.1 Å². The third-order valence-electron chi connectivity index (χ3n) is 5.01. The predicted molar refractivity (Wildman–Crippen MR) is 110 cm³/mol. The van der Waals surface area contributed by atoms with Crippen molar-refractivity contribution in [1.82, 2.24) is 9.80 Å². The van der Waals surface area contributed by atoms with Crippen LogP contribution in [0, 0.1) is 0 Å². The highest BCUT2D eigenvalue weighted by Crippen LogP contribution is 2.25. The van der Waals surface area contributed by atoms with Gasteiger partial charge in [-0.25, -0.2) is 4.79 Å². The number of benzene rings is 2. The molecular formula is C22H27N3O4. The molecule has 1 fully saturated rings. The Hall–Kier alpha value is -2.90. The zero-order valence-corrected chi connectivity index (χ0v) is 16.7. The van der Waals surface area contributed by atoms with Crippen LogP contribution >= 0.6 is 0 Å². The molecule has 0 unspecified atom stereocenters. The minimum Gasteiger partial charge on any atom is -0.468 e. The molecular weight excluding hydrogens is 370 g/mol. The molecule has 0 spiro atoms. The van der Waals surface area contributed by atoms with E-state index in [2.05, 4.69) is 27.8 Å². The van der Waals surface area contributed by atoms with Gasteiger partial charge in [-0.1, -0.05) is 48.5 Å². The van der Waals surface area contributed by atoms with Crippen LogP contribution in [0.25, 0.3) is 11.1 Å². The lowest BCUT2D eigenvalue weighted by atomic mass is 9.98. The van der Waals surface area contributed by atoms with E-state index < -0.39 is 12.0 Å². The topological polar surface area (TPSA) is 85.1 Å². The lowest BCUT2D eigenvalue weighted by Crippen LogP contribution is -2.39. The normalized spacial score (nSPS) is 14.4. The highest BCUT2D eigenvalue weighted by molar-refractivity contribution is 5.79. The average Bonchev–Trinajstić information content (AvgIpc) is 2.75. The number of ether oxygens (including phenoxy) is 2. The maximum absolute atomic E-state index is 11.6. The van der Waals surface area contributed by atoms with Gasteiger partial charge in [0.2, 0.25) is 0 Å². The standard InChI is InChI=1S/C22H27N3O4/c1-28-21(26)16-25(22(23)27)14-17-6-8-18(9-7-17)20-5-3-2-4-19(20)15-24-10-12-29-13-11-24/h2-9H,10-16H2,1H3,(H2,23,27). The molecule has 7 nitrogen and oxygen atoms in total. The number of urea groups is 1. The van der Waals surface area contributed by atoms with Gasteiger partial charge in [-0.3, -0.25) is 9.69 Å². The number of hydrogen-bond donors (Lipinski definition) is 1. The van der Waals surface area contributed by atoms with Gasteiger partial charge in [0.1, 0.15) is 6.54 Å². The van der Waals surface area contributed by atoms with E-state index >= 15 is 0 Å². The highest BCUT2D eigenvalue weighted by Gasteiger charge is 2.16. The number of carbonyl (C=O) groups excluding carboxylic acids is 2. The fourth-order valence-electron chi connectivity index (χ4n) is 3.38. The summed E-state index contributed by atoms with van der Waals surface area (Å²) in [7, 11) is 1.28. The van der Waals surface area contributed by atoms with Crippen molar-refractivity contribution in [3.05, 3.63) is 59.7 Å². The van der Waals surface area contributed by atoms with Crippen LogP contribution in [0.3, 0.4) is 0 Å². The lowest BCUT2D eigenvalue weighted by Gasteiger charge is -2.27. The Morgan fingerprint density at radius 1 is 1.10 bits per heavy atom. The summed E-state index contributed by atoms with van der Waals surface area (Å²) in [6.07, 6.45) is 0. The smallest absolute Gasteiger partial charge is 0.325 e. The van der Waals surface area contributed by atoms with Gasteiger partial charge in [-0.2, -0.15) is 0 Å². The first-order chi connectivity index (χ1) is 14.1. The Balaban J connectivity index is 1.73. The van der Waals surface area contributed by atoms with Gasteiger partial charge in [0.25, 0.3) is 0 Å². The number of methoxy groups -OCH3 is 1. The maximum Gasteiger partial charge on any atom is 0.325 e. The molecule has 7 heteroatoms. The van der Waals surface area contributed by atoms with Crippen LogP contribution in [0.4, 0.5) is 4.79 Å². The molecule has 0 atom stereocenters. The summed E-state index contributed by atoms with van der Waals surface area (Å²) < 4.78 is 10.1. The third kappa shape index (κ3) is 5.79. The van der Waals surface area contributed by atoms with Crippen molar-refractivity contribution in [2.75, 3.05) is 40.0 Å². The Morgan fingerprint density at radius 2 is 1.79 bits per heavy atom. The van der Waals surface area contributed by atoms with E-state index in [0.29, 0.717) is 0 Å². The van der Waals surface area contributed by atoms with Crippen LogP contribution in [0.15, 0.2) is 48.5 Å².